The summed E-state index contributed by atoms with van der Waals surface area (Å²) in [5.74, 6) is -0.0745. The average molecular weight is 362 g/mol. The summed E-state index contributed by atoms with van der Waals surface area (Å²) in [6, 6.07) is 8.65. The van der Waals surface area contributed by atoms with Gasteiger partial charge in [-0.25, -0.2) is 0 Å². The van der Waals surface area contributed by atoms with Crippen molar-refractivity contribution in [2.75, 3.05) is 6.35 Å². The highest BCUT2D eigenvalue weighted by atomic mass is 31.2. The number of aromatic hydroxyl groups is 2. The molecule has 3 aromatic rings. The molecule has 0 amide bonds. The molecule has 130 valence electrons. The predicted octanol–water partition coefficient (Wildman–Crippen LogP) is 2.81. The fourth-order valence-corrected chi connectivity index (χ4v) is 2.65. The molecule has 0 aliphatic heterocycles. The molecule has 7 nitrogen and oxygen atoms in total. The molecule has 3 rings (SSSR count). The number of benzene rings is 2. The van der Waals surface area contributed by atoms with Crippen LogP contribution in [0.25, 0.3) is 22.3 Å². The van der Waals surface area contributed by atoms with Crippen molar-refractivity contribution in [3.05, 3.63) is 52.2 Å². The number of fused-ring (bicyclic) bond motifs is 1. The van der Waals surface area contributed by atoms with Crippen LogP contribution in [0.2, 0.25) is 0 Å². The zero-order chi connectivity index (χ0) is 18.1. The van der Waals surface area contributed by atoms with Gasteiger partial charge in [0, 0.05) is 11.6 Å². The molecular formula is C17H15O7P. The Bertz CT molecular complexity index is 994. The first-order valence-corrected chi connectivity index (χ1v) is 8.68. The van der Waals surface area contributed by atoms with Crippen LogP contribution in [0.1, 0.15) is 5.56 Å². The van der Waals surface area contributed by atoms with Crippen LogP contribution < -0.4 is 10.2 Å². The van der Waals surface area contributed by atoms with Gasteiger partial charge in [0.25, 0.3) is 0 Å². The van der Waals surface area contributed by atoms with E-state index in [0.29, 0.717) is 11.1 Å². The summed E-state index contributed by atoms with van der Waals surface area (Å²) in [6.45, 7) is 1.69. The lowest BCUT2D eigenvalue weighted by Gasteiger charge is -2.12. The minimum atomic E-state index is -2.36. The van der Waals surface area contributed by atoms with Crippen molar-refractivity contribution in [3.8, 4) is 28.6 Å². The second-order valence-corrected chi connectivity index (χ2v) is 6.42. The molecule has 0 radical (unpaired) electrons. The van der Waals surface area contributed by atoms with Gasteiger partial charge in [0.2, 0.25) is 19.6 Å². The summed E-state index contributed by atoms with van der Waals surface area (Å²) in [6.07, 6.45) is -0.451. The van der Waals surface area contributed by atoms with Crippen molar-refractivity contribution in [3.63, 3.8) is 0 Å². The first-order valence-electron chi connectivity index (χ1n) is 7.24. The monoisotopic (exact) mass is 362 g/mol. The number of aryl methyl sites for hydroxylation is 1. The van der Waals surface area contributed by atoms with E-state index < -0.39 is 20.2 Å². The van der Waals surface area contributed by atoms with Crippen molar-refractivity contribution < 1.29 is 29.2 Å². The minimum absolute atomic E-state index is 0.0635. The second-order valence-electron chi connectivity index (χ2n) is 5.42. The fourth-order valence-electron chi connectivity index (χ4n) is 2.40. The minimum Gasteiger partial charge on any atom is -0.508 e. The number of hydrogen-bond acceptors (Lipinski definition) is 7. The van der Waals surface area contributed by atoms with E-state index in [1.54, 1.807) is 19.1 Å². The fraction of sp³-hybridized carbons (Fsp3) is 0.118. The molecule has 25 heavy (non-hydrogen) atoms. The standard InChI is InChI=1S/C17H15O7P/c1-9-6-10(2-5-13(9)19)16-17(23-8-25(21)22)15(20)12-4-3-11(18)7-14(12)24-16/h2-7,18-19,21-22H,8H2,1H3. The summed E-state index contributed by atoms with van der Waals surface area (Å²) in [7, 11) is -2.36. The topological polar surface area (TPSA) is 120 Å². The third-order valence-corrected chi connectivity index (χ3v) is 3.98. The van der Waals surface area contributed by atoms with Crippen molar-refractivity contribution in [2.45, 2.75) is 6.92 Å². The van der Waals surface area contributed by atoms with Gasteiger partial charge in [-0.2, -0.15) is 0 Å². The molecule has 0 aliphatic carbocycles. The van der Waals surface area contributed by atoms with Gasteiger partial charge in [0.15, 0.2) is 12.1 Å². The van der Waals surface area contributed by atoms with E-state index >= 15 is 0 Å². The van der Waals surface area contributed by atoms with Crippen LogP contribution in [0.4, 0.5) is 0 Å². The highest BCUT2D eigenvalue weighted by Crippen LogP contribution is 2.35. The summed E-state index contributed by atoms with van der Waals surface area (Å²) >= 11 is 0. The Morgan fingerprint density at radius 1 is 1.12 bits per heavy atom. The van der Waals surface area contributed by atoms with Gasteiger partial charge in [-0.3, -0.25) is 4.79 Å². The average Bonchev–Trinajstić information content (AvgIpc) is 2.56. The maximum absolute atomic E-state index is 12.7. The number of rotatable bonds is 4. The van der Waals surface area contributed by atoms with Crippen LogP contribution in [-0.2, 0) is 0 Å². The van der Waals surface area contributed by atoms with E-state index in [2.05, 4.69) is 0 Å². The maximum Gasteiger partial charge on any atom is 0.235 e. The van der Waals surface area contributed by atoms with Gasteiger partial charge < -0.3 is 29.2 Å². The van der Waals surface area contributed by atoms with Crippen LogP contribution in [0.15, 0.2) is 45.6 Å². The lowest BCUT2D eigenvalue weighted by atomic mass is 10.1. The summed E-state index contributed by atoms with van der Waals surface area (Å²) in [4.78, 5) is 30.9. The molecular weight excluding hydrogens is 347 g/mol. The Kier molecular flexibility index (Phi) is 4.63. The molecule has 8 heteroatoms. The molecule has 0 unspecified atom stereocenters. The molecule has 0 fully saturated rings. The highest BCUT2D eigenvalue weighted by Gasteiger charge is 2.19. The molecule has 0 bridgehead atoms. The highest BCUT2D eigenvalue weighted by molar-refractivity contribution is 7.44. The molecule has 0 saturated heterocycles. The molecule has 1 heterocycles. The van der Waals surface area contributed by atoms with Gasteiger partial charge in [0.1, 0.15) is 17.1 Å². The van der Waals surface area contributed by atoms with Crippen LogP contribution in [0.3, 0.4) is 0 Å². The molecule has 0 spiro atoms. The summed E-state index contributed by atoms with van der Waals surface area (Å²) in [5.41, 5.74) is 0.689. The molecule has 0 aliphatic rings. The van der Waals surface area contributed by atoms with Gasteiger partial charge in [0.05, 0.1) is 5.39 Å². The van der Waals surface area contributed by atoms with E-state index in [1.807, 2.05) is 0 Å². The summed E-state index contributed by atoms with van der Waals surface area (Å²) in [5, 5.41) is 19.5. The van der Waals surface area contributed by atoms with Crippen LogP contribution in [0, 0.1) is 6.92 Å². The van der Waals surface area contributed by atoms with Gasteiger partial charge in [-0.15, -0.1) is 0 Å². The van der Waals surface area contributed by atoms with Crippen LogP contribution in [-0.4, -0.2) is 26.3 Å². The van der Waals surface area contributed by atoms with E-state index in [0.717, 1.165) is 0 Å². The van der Waals surface area contributed by atoms with Crippen molar-refractivity contribution in [1.82, 2.24) is 0 Å². The Balaban J connectivity index is 2.27. The molecule has 0 atom stereocenters. The normalized spacial score (nSPS) is 11.2. The Labute approximate surface area is 143 Å². The first kappa shape index (κ1) is 17.2. The quantitative estimate of drug-likeness (QED) is 0.527. The molecule has 1 aromatic heterocycles. The van der Waals surface area contributed by atoms with Crippen molar-refractivity contribution >= 4 is 19.3 Å². The first-order chi connectivity index (χ1) is 11.9. The van der Waals surface area contributed by atoms with E-state index in [9.17, 15) is 15.0 Å². The number of ether oxygens (including phenoxy) is 1. The molecule has 4 N–H and O–H groups in total. The SMILES string of the molecule is Cc1cc(-c2oc3cc(O)ccc3c(=O)c2OCP(O)O)ccc1O. The zero-order valence-electron chi connectivity index (χ0n) is 13.1. The number of hydrogen-bond donors (Lipinski definition) is 4. The van der Waals surface area contributed by atoms with E-state index in [4.69, 9.17) is 18.9 Å². The number of phenolic OH excluding ortho intramolecular Hbond substituents is 2. The third-order valence-electron chi connectivity index (χ3n) is 3.62. The number of phenols is 2. The smallest absolute Gasteiger partial charge is 0.235 e. The van der Waals surface area contributed by atoms with Crippen molar-refractivity contribution in [1.29, 1.82) is 0 Å². The van der Waals surface area contributed by atoms with Crippen LogP contribution >= 0.6 is 8.38 Å². The lowest BCUT2D eigenvalue weighted by molar-refractivity contribution is 0.339. The molecule has 0 saturated carbocycles. The third kappa shape index (κ3) is 3.44. The van der Waals surface area contributed by atoms with Gasteiger partial charge in [-0.05, 0) is 42.8 Å². The van der Waals surface area contributed by atoms with Crippen LogP contribution in [0.5, 0.6) is 17.2 Å². The predicted molar refractivity (Wildman–Crippen MR) is 92.8 cm³/mol. The zero-order valence-corrected chi connectivity index (χ0v) is 14.0. The maximum atomic E-state index is 12.7. The molecule has 2 aromatic carbocycles. The lowest BCUT2D eigenvalue weighted by Crippen LogP contribution is -2.10. The summed E-state index contributed by atoms with van der Waals surface area (Å²) < 4.78 is 11.0. The largest absolute Gasteiger partial charge is 0.508 e. The van der Waals surface area contributed by atoms with E-state index in [-0.39, 0.29) is 34.0 Å². The van der Waals surface area contributed by atoms with E-state index in [1.165, 1.54) is 24.3 Å². The Morgan fingerprint density at radius 2 is 1.88 bits per heavy atom. The second kappa shape index (κ2) is 6.72. The van der Waals surface area contributed by atoms with Gasteiger partial charge >= 0.3 is 0 Å². The van der Waals surface area contributed by atoms with Crippen molar-refractivity contribution in [2.24, 2.45) is 0 Å². The Hall–Kier alpha value is -2.60. The van der Waals surface area contributed by atoms with Gasteiger partial charge in [-0.1, -0.05) is 0 Å². The Morgan fingerprint density at radius 3 is 2.56 bits per heavy atom.